The van der Waals surface area contributed by atoms with Gasteiger partial charge in [-0.25, -0.2) is 5.10 Å². The summed E-state index contributed by atoms with van der Waals surface area (Å²) in [5.41, 5.74) is 3.26. The Hall–Kier alpha value is -3.46. The molecule has 1 amide bonds. The summed E-state index contributed by atoms with van der Waals surface area (Å²) >= 11 is 17.5. The van der Waals surface area contributed by atoms with Gasteiger partial charge in [-0.2, -0.15) is 14.9 Å². The van der Waals surface area contributed by atoms with Crippen LogP contribution in [0.2, 0.25) is 10.0 Å². The minimum atomic E-state index is -0.296. The predicted octanol–water partition coefficient (Wildman–Crippen LogP) is 5.70. The first-order chi connectivity index (χ1) is 16.0. The van der Waals surface area contributed by atoms with E-state index >= 15 is 0 Å². The maximum atomic E-state index is 12.4. The van der Waals surface area contributed by atoms with Crippen molar-refractivity contribution in [2.24, 2.45) is 5.10 Å². The number of nitrogens with zero attached hydrogens (tertiary/aromatic N) is 3. The Morgan fingerprint density at radius 1 is 1.06 bits per heavy atom. The van der Waals surface area contributed by atoms with Crippen LogP contribution in [0, 0.1) is 4.77 Å². The number of rotatable bonds is 5. The average molecular weight is 496 g/mol. The second-order valence-corrected chi connectivity index (χ2v) is 8.39. The molecule has 1 aliphatic heterocycles. The maximum Gasteiger partial charge on any atom is 0.276 e. The number of anilines is 1. The number of H-pyrrole nitrogens is 1. The minimum Gasteiger partial charge on any atom is -0.489 e. The number of para-hydroxylation sites is 1. The standard InChI is InChI=1S/C23H15Cl2N5O2S/c24-15-8-5-14(18(25)11-15)12-32-16-9-6-13(7-10-16)21-27-28-23(33)30(21)29-20-17-3-1-2-4-19(17)26-22(20)31/h1-11H,12H2,(H,28,33)(H,26,29,31). The van der Waals surface area contributed by atoms with Gasteiger partial charge in [-0.15, -0.1) is 0 Å². The second-order valence-electron chi connectivity index (χ2n) is 7.16. The molecule has 0 fully saturated rings. The molecule has 0 bridgehead atoms. The van der Waals surface area contributed by atoms with Gasteiger partial charge in [0.2, 0.25) is 4.77 Å². The quantitative estimate of drug-likeness (QED) is 0.348. The van der Waals surface area contributed by atoms with Gasteiger partial charge in [0.15, 0.2) is 11.5 Å². The minimum absolute atomic E-state index is 0.268. The molecule has 0 spiro atoms. The van der Waals surface area contributed by atoms with Gasteiger partial charge in [-0.05, 0) is 54.7 Å². The van der Waals surface area contributed by atoms with E-state index in [0.717, 1.165) is 11.1 Å². The molecule has 0 unspecified atom stereocenters. The fraction of sp³-hybridized carbons (Fsp3) is 0.0435. The third kappa shape index (κ3) is 4.28. The summed E-state index contributed by atoms with van der Waals surface area (Å²) < 4.78 is 7.55. The first-order valence-electron chi connectivity index (χ1n) is 9.84. The van der Waals surface area contributed by atoms with Gasteiger partial charge in [-0.3, -0.25) is 4.79 Å². The lowest BCUT2D eigenvalue weighted by Crippen LogP contribution is -2.16. The normalized spacial score (nSPS) is 13.8. The molecule has 1 aliphatic rings. The number of carbonyl (C=O) groups is 1. The van der Waals surface area contributed by atoms with Crippen molar-refractivity contribution < 1.29 is 9.53 Å². The summed E-state index contributed by atoms with van der Waals surface area (Å²) in [6.07, 6.45) is 0. The zero-order valence-corrected chi connectivity index (χ0v) is 19.2. The molecular formula is C23H15Cl2N5O2S. The van der Waals surface area contributed by atoms with Crippen LogP contribution in [0.15, 0.2) is 71.8 Å². The highest BCUT2D eigenvalue weighted by Crippen LogP contribution is 2.26. The Morgan fingerprint density at radius 3 is 2.64 bits per heavy atom. The van der Waals surface area contributed by atoms with Crippen LogP contribution in [-0.2, 0) is 11.4 Å². The molecule has 2 heterocycles. The van der Waals surface area contributed by atoms with E-state index < -0.39 is 0 Å². The van der Waals surface area contributed by atoms with E-state index in [2.05, 4.69) is 20.6 Å². The Morgan fingerprint density at radius 2 is 1.85 bits per heavy atom. The average Bonchev–Trinajstić information content (AvgIpc) is 3.33. The van der Waals surface area contributed by atoms with Gasteiger partial charge in [0.25, 0.3) is 5.91 Å². The zero-order valence-electron chi connectivity index (χ0n) is 16.9. The lowest BCUT2D eigenvalue weighted by Gasteiger charge is -2.09. The van der Waals surface area contributed by atoms with Crippen LogP contribution < -0.4 is 10.1 Å². The van der Waals surface area contributed by atoms with Crippen LogP contribution in [-0.4, -0.2) is 26.5 Å². The van der Waals surface area contributed by atoms with E-state index in [9.17, 15) is 4.79 Å². The largest absolute Gasteiger partial charge is 0.489 e. The molecule has 164 valence electrons. The van der Waals surface area contributed by atoms with Crippen LogP contribution in [0.25, 0.3) is 11.4 Å². The van der Waals surface area contributed by atoms with Gasteiger partial charge in [-0.1, -0.05) is 47.5 Å². The van der Waals surface area contributed by atoms with Crippen molar-refractivity contribution in [3.63, 3.8) is 0 Å². The summed E-state index contributed by atoms with van der Waals surface area (Å²) in [4.78, 5) is 12.4. The molecule has 0 radical (unpaired) electrons. The van der Waals surface area contributed by atoms with Crippen molar-refractivity contribution in [2.45, 2.75) is 6.61 Å². The van der Waals surface area contributed by atoms with Crippen molar-refractivity contribution in [1.82, 2.24) is 14.9 Å². The smallest absolute Gasteiger partial charge is 0.276 e. The summed E-state index contributed by atoms with van der Waals surface area (Å²) in [5, 5.41) is 15.4. The fourth-order valence-electron chi connectivity index (χ4n) is 3.37. The number of ether oxygens (including phenoxy) is 1. The van der Waals surface area contributed by atoms with E-state index in [1.54, 1.807) is 12.1 Å². The van der Waals surface area contributed by atoms with Crippen molar-refractivity contribution >= 4 is 52.7 Å². The van der Waals surface area contributed by atoms with E-state index in [1.165, 1.54) is 4.68 Å². The Balaban J connectivity index is 1.40. The van der Waals surface area contributed by atoms with Crippen LogP contribution in [0.4, 0.5) is 5.69 Å². The first-order valence-corrected chi connectivity index (χ1v) is 11.0. The Bertz CT molecular complexity index is 1460. The molecule has 0 saturated heterocycles. The molecular weight excluding hydrogens is 481 g/mol. The molecule has 33 heavy (non-hydrogen) atoms. The third-order valence-electron chi connectivity index (χ3n) is 5.02. The predicted molar refractivity (Wildman–Crippen MR) is 131 cm³/mol. The Labute approximate surface area is 203 Å². The molecule has 7 nitrogen and oxygen atoms in total. The van der Waals surface area contributed by atoms with Crippen molar-refractivity contribution in [2.75, 3.05) is 5.32 Å². The van der Waals surface area contributed by atoms with Crippen LogP contribution in [0.3, 0.4) is 0 Å². The van der Waals surface area contributed by atoms with E-state index in [0.29, 0.717) is 39.5 Å². The fourth-order valence-corrected chi connectivity index (χ4v) is 4.01. The lowest BCUT2D eigenvalue weighted by atomic mass is 10.1. The zero-order chi connectivity index (χ0) is 22.9. The van der Waals surface area contributed by atoms with Crippen LogP contribution >= 0.6 is 35.4 Å². The highest BCUT2D eigenvalue weighted by molar-refractivity contribution is 7.71. The SMILES string of the molecule is O=C1Nc2ccccc2/C1=N\n1c(-c2ccc(OCc3ccc(Cl)cc3Cl)cc2)n[nH]c1=S. The number of hydrogen-bond acceptors (Lipinski definition) is 5. The highest BCUT2D eigenvalue weighted by Gasteiger charge is 2.26. The molecule has 0 aliphatic carbocycles. The van der Waals surface area contributed by atoms with Gasteiger partial charge in [0, 0.05) is 26.7 Å². The number of amides is 1. The topological polar surface area (TPSA) is 84.3 Å². The summed E-state index contributed by atoms with van der Waals surface area (Å²) in [5.74, 6) is 0.827. The summed E-state index contributed by atoms with van der Waals surface area (Å²) in [6.45, 7) is 0.302. The van der Waals surface area contributed by atoms with Gasteiger partial charge in [0.05, 0.1) is 5.69 Å². The van der Waals surface area contributed by atoms with Crippen LogP contribution in [0.5, 0.6) is 5.75 Å². The molecule has 3 aromatic carbocycles. The molecule has 10 heteroatoms. The Kier molecular flexibility index (Phi) is 5.72. The summed E-state index contributed by atoms with van der Waals surface area (Å²) in [7, 11) is 0. The summed E-state index contributed by atoms with van der Waals surface area (Å²) in [6, 6.07) is 19.9. The van der Waals surface area contributed by atoms with Crippen molar-refractivity contribution in [1.29, 1.82) is 0 Å². The molecule has 5 rings (SSSR count). The molecule has 1 aromatic heterocycles. The number of fused-ring (bicyclic) bond motifs is 1. The van der Waals surface area contributed by atoms with Crippen molar-refractivity contribution in [3.05, 3.63) is 92.7 Å². The number of aromatic nitrogens is 3. The lowest BCUT2D eigenvalue weighted by molar-refractivity contribution is -0.110. The number of aromatic amines is 1. The number of halogens is 2. The number of carbonyl (C=O) groups excluding carboxylic acids is 1. The molecule has 0 atom stereocenters. The third-order valence-corrected chi connectivity index (χ3v) is 5.87. The van der Waals surface area contributed by atoms with E-state index in [1.807, 2.05) is 54.6 Å². The monoisotopic (exact) mass is 495 g/mol. The molecule has 4 aromatic rings. The molecule has 0 saturated carbocycles. The van der Waals surface area contributed by atoms with E-state index in [-0.39, 0.29) is 16.4 Å². The highest BCUT2D eigenvalue weighted by atomic mass is 35.5. The number of nitrogens with one attached hydrogen (secondary N) is 2. The number of benzene rings is 3. The second kappa shape index (κ2) is 8.82. The van der Waals surface area contributed by atoms with Crippen molar-refractivity contribution in [3.8, 4) is 17.1 Å². The van der Waals surface area contributed by atoms with Gasteiger partial charge >= 0.3 is 0 Å². The first kappa shape index (κ1) is 21.4. The number of hydrogen-bond donors (Lipinski definition) is 2. The van der Waals surface area contributed by atoms with Gasteiger partial charge in [0.1, 0.15) is 12.4 Å². The van der Waals surface area contributed by atoms with Crippen LogP contribution in [0.1, 0.15) is 11.1 Å². The van der Waals surface area contributed by atoms with E-state index in [4.69, 9.17) is 40.2 Å². The van der Waals surface area contributed by atoms with Gasteiger partial charge < -0.3 is 10.1 Å². The maximum absolute atomic E-state index is 12.4. The molecule has 2 N–H and O–H groups in total.